The number of nitrogens with zero attached hydrogens (tertiary/aromatic N) is 2. The molecule has 1 aromatic carbocycles. The molecule has 1 fully saturated rings. The monoisotopic (exact) mass is 362 g/mol. The molecule has 2 heterocycles. The number of nitrogens with one attached hydrogen (secondary N) is 1. The molecule has 0 aliphatic carbocycles. The lowest BCUT2D eigenvalue weighted by Gasteiger charge is -2.20. The summed E-state index contributed by atoms with van der Waals surface area (Å²) in [6.45, 7) is 1.37. The Balaban J connectivity index is 1.58. The van der Waals surface area contributed by atoms with E-state index in [4.69, 9.17) is 15.2 Å². The lowest BCUT2D eigenvalue weighted by atomic mass is 9.97. The number of amides is 1. The van der Waals surface area contributed by atoms with Crippen LogP contribution in [0, 0.1) is 5.92 Å². The molecule has 0 saturated carbocycles. The van der Waals surface area contributed by atoms with Gasteiger partial charge in [-0.25, -0.2) is 0 Å². The van der Waals surface area contributed by atoms with E-state index in [9.17, 15) is 9.59 Å². The highest BCUT2D eigenvalue weighted by Crippen LogP contribution is 2.21. The second kappa shape index (κ2) is 8.04. The number of hydrogen-bond acceptors (Lipinski definition) is 8. The topological polar surface area (TPSA) is 116 Å². The van der Waals surface area contributed by atoms with Gasteiger partial charge in [0.15, 0.2) is 0 Å². The van der Waals surface area contributed by atoms with Crippen molar-refractivity contribution in [3.8, 4) is 5.75 Å². The molecule has 8 nitrogen and oxygen atoms in total. The molecule has 1 aliphatic rings. The second-order valence-corrected chi connectivity index (χ2v) is 6.43. The van der Waals surface area contributed by atoms with E-state index in [1.54, 1.807) is 18.2 Å². The minimum Gasteiger partial charge on any atom is -0.426 e. The average molecular weight is 362 g/mol. The summed E-state index contributed by atoms with van der Waals surface area (Å²) in [6, 6.07) is 6.43. The number of carbonyl (C=O) groups excluding carboxylic acids is 2. The number of hydrogen-bond donors (Lipinski definition) is 2. The van der Waals surface area contributed by atoms with E-state index in [1.165, 1.54) is 6.07 Å². The molecular weight excluding hydrogens is 344 g/mol. The third-order valence-electron chi connectivity index (χ3n) is 3.79. The lowest BCUT2D eigenvalue weighted by Crippen LogP contribution is -2.21. The summed E-state index contributed by atoms with van der Waals surface area (Å²) in [5, 5.41) is 2.91. The molecule has 9 heteroatoms. The van der Waals surface area contributed by atoms with Crippen LogP contribution in [0.15, 0.2) is 24.3 Å². The van der Waals surface area contributed by atoms with Crippen LogP contribution in [-0.2, 0) is 9.53 Å². The van der Waals surface area contributed by atoms with E-state index in [1.807, 2.05) is 0 Å². The third-order valence-corrected chi connectivity index (χ3v) is 4.43. The summed E-state index contributed by atoms with van der Waals surface area (Å²) in [6.07, 6.45) is 2.08. The highest BCUT2D eigenvalue weighted by molar-refractivity contribution is 7.10. The van der Waals surface area contributed by atoms with E-state index in [0.717, 1.165) is 24.4 Å². The summed E-state index contributed by atoms with van der Waals surface area (Å²) in [7, 11) is 0. The molecule has 1 amide bonds. The first-order chi connectivity index (χ1) is 12.1. The number of nitrogens with two attached hydrogens (primary N) is 1. The Morgan fingerprint density at radius 3 is 2.88 bits per heavy atom. The van der Waals surface area contributed by atoms with Crippen molar-refractivity contribution in [2.45, 2.75) is 19.3 Å². The van der Waals surface area contributed by atoms with Crippen molar-refractivity contribution in [3.05, 3.63) is 29.8 Å². The predicted octanol–water partition coefficient (Wildman–Crippen LogP) is 2.09. The zero-order valence-corrected chi connectivity index (χ0v) is 14.3. The van der Waals surface area contributed by atoms with Crippen molar-refractivity contribution in [3.63, 3.8) is 0 Å². The first-order valence-corrected chi connectivity index (χ1v) is 8.66. The molecule has 1 aliphatic heterocycles. The fraction of sp³-hybridized carbons (Fsp3) is 0.375. The molecule has 0 unspecified atom stereocenters. The van der Waals surface area contributed by atoms with Gasteiger partial charge in [-0.2, -0.15) is 9.36 Å². The van der Waals surface area contributed by atoms with Crippen LogP contribution in [0.1, 0.15) is 29.6 Å². The first kappa shape index (κ1) is 17.3. The highest BCUT2D eigenvalue weighted by atomic mass is 32.1. The molecule has 1 aromatic heterocycles. The quantitative estimate of drug-likeness (QED) is 0.618. The Hall–Kier alpha value is -2.52. The second-order valence-electron chi connectivity index (χ2n) is 5.67. The Bertz CT molecular complexity index is 758. The average Bonchev–Trinajstić information content (AvgIpc) is 3.00. The van der Waals surface area contributed by atoms with Crippen LogP contribution in [0.25, 0.3) is 0 Å². The van der Waals surface area contributed by atoms with Gasteiger partial charge in [0.05, 0.1) is 0 Å². The molecule has 0 radical (unpaired) electrons. The van der Waals surface area contributed by atoms with Crippen LogP contribution in [0.2, 0.25) is 0 Å². The first-order valence-electron chi connectivity index (χ1n) is 7.89. The van der Waals surface area contributed by atoms with Crippen molar-refractivity contribution >= 4 is 34.5 Å². The van der Waals surface area contributed by atoms with E-state index >= 15 is 0 Å². The van der Waals surface area contributed by atoms with Crippen molar-refractivity contribution in [2.75, 3.05) is 24.3 Å². The van der Waals surface area contributed by atoms with Crippen LogP contribution < -0.4 is 15.8 Å². The summed E-state index contributed by atoms with van der Waals surface area (Å²) >= 11 is 0.993. The van der Waals surface area contributed by atoms with Crippen molar-refractivity contribution in [2.24, 2.45) is 5.92 Å². The van der Waals surface area contributed by atoms with Crippen LogP contribution in [0.3, 0.4) is 0 Å². The van der Waals surface area contributed by atoms with Gasteiger partial charge in [-0.05, 0) is 37.0 Å². The SMILES string of the molecule is Nc1nsc(NC(=O)c2cccc(OC(=O)CC3CCOCC3)c2)n1. The van der Waals surface area contributed by atoms with Gasteiger partial charge in [0.1, 0.15) is 5.75 Å². The fourth-order valence-corrected chi connectivity index (χ4v) is 3.01. The largest absolute Gasteiger partial charge is 0.426 e. The van der Waals surface area contributed by atoms with Gasteiger partial charge in [0.2, 0.25) is 11.1 Å². The number of aromatic nitrogens is 2. The number of carbonyl (C=O) groups is 2. The maximum atomic E-state index is 12.2. The minimum atomic E-state index is -0.376. The van der Waals surface area contributed by atoms with Crippen molar-refractivity contribution in [1.82, 2.24) is 9.36 Å². The number of anilines is 2. The van der Waals surface area contributed by atoms with Crippen molar-refractivity contribution in [1.29, 1.82) is 0 Å². The summed E-state index contributed by atoms with van der Waals surface area (Å²) in [5.74, 6) is 0.0491. The number of benzene rings is 1. The third kappa shape index (κ3) is 4.97. The van der Waals surface area contributed by atoms with Gasteiger partial charge in [0.25, 0.3) is 5.91 Å². The van der Waals surface area contributed by atoms with Gasteiger partial charge < -0.3 is 15.2 Å². The molecular formula is C16H18N4O4S. The molecule has 3 rings (SSSR count). The molecule has 132 valence electrons. The van der Waals surface area contributed by atoms with E-state index in [0.29, 0.717) is 36.1 Å². The Kier molecular flexibility index (Phi) is 5.56. The van der Waals surface area contributed by atoms with Crippen molar-refractivity contribution < 1.29 is 19.1 Å². The number of nitrogen functional groups attached to an aromatic ring is 1. The zero-order chi connectivity index (χ0) is 17.6. The Morgan fingerprint density at radius 2 is 2.16 bits per heavy atom. The van der Waals surface area contributed by atoms with E-state index in [-0.39, 0.29) is 23.7 Å². The van der Waals surface area contributed by atoms with Crippen LogP contribution >= 0.6 is 11.5 Å². The number of esters is 1. The maximum absolute atomic E-state index is 12.2. The van der Waals surface area contributed by atoms with Gasteiger partial charge in [-0.15, -0.1) is 0 Å². The molecule has 0 atom stereocenters. The minimum absolute atomic E-state index is 0.107. The Morgan fingerprint density at radius 1 is 1.36 bits per heavy atom. The normalized spacial score (nSPS) is 14.9. The van der Waals surface area contributed by atoms with Gasteiger partial charge in [-0.1, -0.05) is 6.07 Å². The summed E-state index contributed by atoms with van der Waals surface area (Å²) in [5.41, 5.74) is 5.77. The van der Waals surface area contributed by atoms with Crippen LogP contribution in [0.4, 0.5) is 11.1 Å². The number of rotatable bonds is 5. The molecule has 25 heavy (non-hydrogen) atoms. The van der Waals surface area contributed by atoms with Crippen LogP contribution in [-0.4, -0.2) is 34.4 Å². The molecule has 2 aromatic rings. The summed E-state index contributed by atoms with van der Waals surface area (Å²) < 4.78 is 14.4. The van der Waals surface area contributed by atoms with E-state index in [2.05, 4.69) is 14.7 Å². The molecule has 3 N–H and O–H groups in total. The summed E-state index contributed by atoms with van der Waals surface area (Å²) in [4.78, 5) is 28.1. The Labute approximate surface area is 148 Å². The number of ether oxygens (including phenoxy) is 2. The predicted molar refractivity (Wildman–Crippen MR) is 92.5 cm³/mol. The molecule has 1 saturated heterocycles. The molecule has 0 spiro atoms. The van der Waals surface area contributed by atoms with Gasteiger partial charge in [-0.3, -0.25) is 14.9 Å². The molecule has 0 bridgehead atoms. The van der Waals surface area contributed by atoms with Crippen LogP contribution in [0.5, 0.6) is 5.75 Å². The smallest absolute Gasteiger partial charge is 0.311 e. The lowest BCUT2D eigenvalue weighted by molar-refractivity contribution is -0.136. The highest BCUT2D eigenvalue weighted by Gasteiger charge is 2.19. The van der Waals surface area contributed by atoms with Gasteiger partial charge in [0, 0.05) is 36.7 Å². The maximum Gasteiger partial charge on any atom is 0.311 e. The zero-order valence-electron chi connectivity index (χ0n) is 13.4. The fourth-order valence-electron chi connectivity index (χ4n) is 2.52. The van der Waals surface area contributed by atoms with E-state index < -0.39 is 0 Å². The standard InChI is InChI=1S/C16H18N4O4S/c17-15-19-16(25-20-15)18-14(22)11-2-1-3-12(9-11)24-13(21)8-10-4-6-23-7-5-10/h1-3,9-10H,4-8H2,(H3,17,18,19,20,22). The van der Waals surface area contributed by atoms with Gasteiger partial charge >= 0.3 is 5.97 Å².